The molecule has 1 aliphatic heterocycles. The zero-order chi connectivity index (χ0) is 32.5. The SMILES string of the molecule is CCc1cc(Br)cc2c(C(=O)OC(CCCl)C(=O)c3ccc(F)cc3)cc(-c3ccc(N4C(=O)C5CCCCC5C4=O)cc3)nc12. The number of imide groups is 1. The molecule has 3 unspecified atom stereocenters. The Bertz CT molecular complexity index is 1820. The smallest absolute Gasteiger partial charge is 0.339 e. The number of carbonyl (C=O) groups is 4. The van der Waals surface area contributed by atoms with E-state index in [0.29, 0.717) is 34.3 Å². The lowest BCUT2D eigenvalue weighted by Crippen LogP contribution is -2.30. The molecule has 1 aliphatic carbocycles. The first-order valence-electron chi connectivity index (χ1n) is 15.4. The highest BCUT2D eigenvalue weighted by Gasteiger charge is 2.48. The molecule has 2 aliphatic rings. The topological polar surface area (TPSA) is 93.6 Å². The molecule has 2 amide bonds. The first-order chi connectivity index (χ1) is 22.2. The van der Waals surface area contributed by atoms with Crippen molar-refractivity contribution in [3.8, 4) is 11.3 Å². The number of pyridine rings is 1. The minimum Gasteiger partial charge on any atom is -0.450 e. The second kappa shape index (κ2) is 13.4. The molecule has 10 heteroatoms. The summed E-state index contributed by atoms with van der Waals surface area (Å²) in [5, 5.41) is 0.548. The number of aryl methyl sites for hydroxylation is 1. The van der Waals surface area contributed by atoms with Gasteiger partial charge in [0.1, 0.15) is 5.82 Å². The molecule has 0 spiro atoms. The number of hydrogen-bond acceptors (Lipinski definition) is 6. The summed E-state index contributed by atoms with van der Waals surface area (Å²) in [5.74, 6) is -2.42. The van der Waals surface area contributed by atoms with Crippen LogP contribution in [0.25, 0.3) is 22.2 Å². The maximum absolute atomic E-state index is 13.8. The Morgan fingerprint density at radius 2 is 1.65 bits per heavy atom. The lowest BCUT2D eigenvalue weighted by molar-refractivity contribution is -0.122. The fourth-order valence-corrected chi connectivity index (χ4v) is 7.18. The molecule has 7 nitrogen and oxygen atoms in total. The summed E-state index contributed by atoms with van der Waals surface area (Å²) < 4.78 is 20.0. The predicted molar refractivity (Wildman–Crippen MR) is 177 cm³/mol. The van der Waals surface area contributed by atoms with Gasteiger partial charge in [-0.3, -0.25) is 19.3 Å². The van der Waals surface area contributed by atoms with Crippen molar-refractivity contribution < 1.29 is 28.3 Å². The van der Waals surface area contributed by atoms with Gasteiger partial charge in [0.2, 0.25) is 17.6 Å². The normalized spacial score (nSPS) is 18.5. The Hall–Kier alpha value is -3.95. The summed E-state index contributed by atoms with van der Waals surface area (Å²) in [4.78, 5) is 59.6. The molecule has 1 saturated carbocycles. The van der Waals surface area contributed by atoms with Crippen LogP contribution in [0, 0.1) is 17.7 Å². The summed E-state index contributed by atoms with van der Waals surface area (Å²) in [6, 6.07) is 17.4. The second-order valence-corrected chi connectivity index (χ2v) is 13.0. The van der Waals surface area contributed by atoms with Gasteiger partial charge in [-0.15, -0.1) is 11.6 Å². The number of ether oxygens (including phenoxy) is 1. The van der Waals surface area contributed by atoms with Gasteiger partial charge in [0, 0.05) is 33.3 Å². The Balaban J connectivity index is 1.36. The quantitative estimate of drug-likeness (QED) is 0.0757. The van der Waals surface area contributed by atoms with E-state index in [2.05, 4.69) is 15.9 Å². The largest absolute Gasteiger partial charge is 0.450 e. The highest BCUT2D eigenvalue weighted by Crippen LogP contribution is 2.40. The zero-order valence-corrected chi connectivity index (χ0v) is 27.4. The van der Waals surface area contributed by atoms with Gasteiger partial charge in [-0.2, -0.15) is 0 Å². The van der Waals surface area contributed by atoms with E-state index in [9.17, 15) is 23.6 Å². The number of hydrogen-bond donors (Lipinski definition) is 0. The number of alkyl halides is 1. The molecule has 1 saturated heterocycles. The van der Waals surface area contributed by atoms with Crippen LogP contribution in [-0.4, -0.2) is 40.5 Å². The molecule has 2 fully saturated rings. The summed E-state index contributed by atoms with van der Waals surface area (Å²) in [6.45, 7) is 1.99. The van der Waals surface area contributed by atoms with Gasteiger partial charge in [0.15, 0.2) is 6.10 Å². The maximum atomic E-state index is 13.8. The highest BCUT2D eigenvalue weighted by molar-refractivity contribution is 9.10. The first-order valence-corrected chi connectivity index (χ1v) is 16.7. The van der Waals surface area contributed by atoms with Crippen molar-refractivity contribution in [3.63, 3.8) is 0 Å². The fraction of sp³-hybridized carbons (Fsp3) is 0.306. The molecule has 3 atom stereocenters. The van der Waals surface area contributed by atoms with Crippen LogP contribution in [0.4, 0.5) is 10.1 Å². The lowest BCUT2D eigenvalue weighted by atomic mass is 9.81. The van der Waals surface area contributed by atoms with Crippen LogP contribution in [-0.2, 0) is 20.7 Å². The van der Waals surface area contributed by atoms with Crippen molar-refractivity contribution in [1.29, 1.82) is 0 Å². The third-order valence-corrected chi connectivity index (χ3v) is 9.54. The van der Waals surface area contributed by atoms with Crippen molar-refractivity contribution in [2.45, 2.75) is 51.6 Å². The van der Waals surface area contributed by atoms with Gasteiger partial charge >= 0.3 is 5.97 Å². The van der Waals surface area contributed by atoms with Crippen molar-refractivity contribution in [2.75, 3.05) is 10.8 Å². The van der Waals surface area contributed by atoms with Crippen LogP contribution in [0.3, 0.4) is 0 Å². The number of esters is 1. The highest BCUT2D eigenvalue weighted by atomic mass is 79.9. The predicted octanol–water partition coefficient (Wildman–Crippen LogP) is 8.08. The molecule has 0 bridgehead atoms. The van der Waals surface area contributed by atoms with E-state index < -0.39 is 23.7 Å². The van der Waals surface area contributed by atoms with Gasteiger partial charge < -0.3 is 4.74 Å². The van der Waals surface area contributed by atoms with E-state index in [4.69, 9.17) is 21.3 Å². The molecule has 3 aromatic carbocycles. The van der Waals surface area contributed by atoms with Gasteiger partial charge in [0.05, 0.1) is 34.3 Å². The third-order valence-electron chi connectivity index (χ3n) is 8.86. The molecule has 236 valence electrons. The molecular formula is C36H31BrClFN2O5. The molecule has 46 heavy (non-hydrogen) atoms. The van der Waals surface area contributed by atoms with Crippen molar-refractivity contribution in [1.82, 2.24) is 4.98 Å². The Morgan fingerprint density at radius 1 is 1.00 bits per heavy atom. The number of nitrogens with zero attached hydrogens (tertiary/aromatic N) is 2. The molecule has 4 aromatic rings. The van der Waals surface area contributed by atoms with Crippen LogP contribution in [0.15, 0.2) is 71.2 Å². The number of aromatic nitrogens is 1. The Kier molecular flexibility index (Phi) is 9.34. The third kappa shape index (κ3) is 6.10. The van der Waals surface area contributed by atoms with Gasteiger partial charge in [-0.05, 0) is 79.4 Å². The van der Waals surface area contributed by atoms with E-state index >= 15 is 0 Å². The maximum Gasteiger partial charge on any atom is 0.339 e. The average Bonchev–Trinajstić information content (AvgIpc) is 3.32. The number of Topliss-reactive ketones (excluding diaryl/α,β-unsaturated/α-hetero) is 1. The fourth-order valence-electron chi connectivity index (χ4n) is 6.48. The number of carbonyl (C=O) groups excluding carboxylic acids is 4. The van der Waals surface area contributed by atoms with E-state index in [1.165, 1.54) is 29.2 Å². The monoisotopic (exact) mass is 704 g/mol. The summed E-state index contributed by atoms with van der Waals surface area (Å²) in [6.07, 6.45) is 2.91. The van der Waals surface area contributed by atoms with Gasteiger partial charge in [-0.1, -0.05) is 47.8 Å². The number of amides is 2. The van der Waals surface area contributed by atoms with Gasteiger partial charge in [-0.25, -0.2) is 14.2 Å². The van der Waals surface area contributed by atoms with Crippen molar-refractivity contribution >= 4 is 67.7 Å². The van der Waals surface area contributed by atoms with Gasteiger partial charge in [0.25, 0.3) is 0 Å². The summed E-state index contributed by atoms with van der Waals surface area (Å²) >= 11 is 9.53. The summed E-state index contributed by atoms with van der Waals surface area (Å²) in [7, 11) is 0. The van der Waals surface area contributed by atoms with Crippen molar-refractivity contribution in [2.24, 2.45) is 11.8 Å². The average molecular weight is 706 g/mol. The second-order valence-electron chi connectivity index (χ2n) is 11.7. The van der Waals surface area contributed by atoms with Crippen LogP contribution >= 0.6 is 27.5 Å². The van der Waals surface area contributed by atoms with E-state index in [-0.39, 0.29) is 47.1 Å². The van der Waals surface area contributed by atoms with Crippen LogP contribution < -0.4 is 4.90 Å². The Labute approximate surface area is 279 Å². The van der Waals surface area contributed by atoms with Crippen molar-refractivity contribution in [3.05, 3.63) is 93.7 Å². The van der Waals surface area contributed by atoms with E-state index in [0.717, 1.165) is 35.7 Å². The number of anilines is 1. The number of fused-ring (bicyclic) bond motifs is 2. The van der Waals surface area contributed by atoms with Crippen LogP contribution in [0.5, 0.6) is 0 Å². The molecule has 0 N–H and O–H groups in total. The van der Waals surface area contributed by atoms with Crippen LogP contribution in [0.2, 0.25) is 0 Å². The Morgan fingerprint density at radius 3 is 2.26 bits per heavy atom. The molecule has 2 heterocycles. The number of benzene rings is 3. The standard InChI is InChI=1S/C36H31BrClFN2O5/c1-2-20-17-23(37)18-28-29(36(45)46-31(15-16-38)33(42)22-7-11-24(39)12-8-22)19-30(40-32(20)28)21-9-13-25(14-10-21)41-34(43)26-5-3-4-6-27(26)35(41)44/h7-14,17-19,26-27,31H,2-6,15-16H2,1H3. The lowest BCUT2D eigenvalue weighted by Gasteiger charge is -2.19. The molecular weight excluding hydrogens is 675 g/mol. The van der Waals surface area contributed by atoms with E-state index in [1.807, 2.05) is 13.0 Å². The van der Waals surface area contributed by atoms with E-state index in [1.54, 1.807) is 36.4 Å². The summed E-state index contributed by atoms with van der Waals surface area (Å²) in [5.41, 5.74) is 3.57. The van der Waals surface area contributed by atoms with Crippen LogP contribution in [0.1, 0.15) is 65.3 Å². The molecule has 6 rings (SSSR count). The first kappa shape index (κ1) is 32.0. The number of halogens is 3. The number of rotatable bonds is 9. The minimum atomic E-state index is -1.18. The zero-order valence-electron chi connectivity index (χ0n) is 25.1. The molecule has 1 aromatic heterocycles. The number of ketones is 1. The minimum absolute atomic E-state index is 0.0641. The molecule has 0 radical (unpaired) electrons.